The van der Waals surface area contributed by atoms with Crippen molar-refractivity contribution < 1.29 is 9.59 Å². The molecule has 1 N–H and O–H groups in total. The van der Waals surface area contributed by atoms with Crippen molar-refractivity contribution in [1.29, 1.82) is 0 Å². The fourth-order valence-electron chi connectivity index (χ4n) is 3.80. The van der Waals surface area contributed by atoms with Crippen molar-refractivity contribution in [3.8, 4) is 0 Å². The lowest BCUT2D eigenvalue weighted by molar-refractivity contribution is -0.125. The third kappa shape index (κ3) is 2.73. The maximum Gasteiger partial charge on any atom is 0.264 e. The molecular formula is C19H20N2O2S. The summed E-state index contributed by atoms with van der Waals surface area (Å²) in [5, 5.41) is 5.07. The van der Waals surface area contributed by atoms with E-state index in [0.717, 1.165) is 25.7 Å². The maximum absolute atomic E-state index is 12.8. The predicted octanol–water partition coefficient (Wildman–Crippen LogP) is 3.16. The molecule has 1 saturated heterocycles. The van der Waals surface area contributed by atoms with Crippen LogP contribution in [0.1, 0.15) is 46.1 Å². The van der Waals surface area contributed by atoms with Gasteiger partial charge in [-0.2, -0.15) is 0 Å². The van der Waals surface area contributed by atoms with Crippen molar-refractivity contribution in [2.75, 3.05) is 6.54 Å². The van der Waals surface area contributed by atoms with E-state index in [1.807, 2.05) is 29.6 Å². The number of thiophene rings is 1. The number of carbonyl (C=O) groups is 2. The van der Waals surface area contributed by atoms with Crippen LogP contribution in [-0.2, 0) is 11.2 Å². The topological polar surface area (TPSA) is 49.4 Å². The van der Waals surface area contributed by atoms with E-state index in [-0.39, 0.29) is 23.9 Å². The van der Waals surface area contributed by atoms with Gasteiger partial charge < -0.3 is 10.2 Å². The number of hydrogen-bond acceptors (Lipinski definition) is 3. The number of nitrogens with zero attached hydrogens (tertiary/aromatic N) is 1. The minimum Gasteiger partial charge on any atom is -0.347 e. The average molecular weight is 340 g/mol. The van der Waals surface area contributed by atoms with Crippen LogP contribution >= 0.6 is 11.3 Å². The lowest BCUT2D eigenvalue weighted by Gasteiger charge is -2.25. The number of carbonyl (C=O) groups excluding carboxylic acids is 2. The highest BCUT2D eigenvalue weighted by molar-refractivity contribution is 7.12. The van der Waals surface area contributed by atoms with Crippen LogP contribution in [0.4, 0.5) is 0 Å². The van der Waals surface area contributed by atoms with Crippen LogP contribution in [0.3, 0.4) is 0 Å². The van der Waals surface area contributed by atoms with Gasteiger partial charge in [-0.25, -0.2) is 0 Å². The van der Waals surface area contributed by atoms with Crippen LogP contribution in [0.2, 0.25) is 0 Å². The molecule has 0 bridgehead atoms. The normalized spacial score (nSPS) is 22.4. The van der Waals surface area contributed by atoms with Crippen LogP contribution in [0.15, 0.2) is 41.8 Å². The Morgan fingerprint density at radius 1 is 1.12 bits per heavy atom. The standard InChI is InChI=1S/C19H20N2O2S/c22-18(20-15-10-9-13-5-1-2-6-14(13)15)16-7-3-11-21(16)19(23)17-8-4-12-24-17/h1-2,4-6,8,12,15-16H,3,7,9-11H2,(H,20,22)/t15-,16-/m1/s1. The highest BCUT2D eigenvalue weighted by Gasteiger charge is 2.36. The monoisotopic (exact) mass is 340 g/mol. The second-order valence-electron chi connectivity index (χ2n) is 6.43. The van der Waals surface area contributed by atoms with Gasteiger partial charge in [-0.05, 0) is 48.3 Å². The molecule has 0 saturated carbocycles. The second kappa shape index (κ2) is 6.40. The van der Waals surface area contributed by atoms with Crippen molar-refractivity contribution in [1.82, 2.24) is 10.2 Å². The highest BCUT2D eigenvalue weighted by Crippen LogP contribution is 2.31. The Labute approximate surface area is 145 Å². The van der Waals surface area contributed by atoms with Crippen molar-refractivity contribution in [3.05, 3.63) is 57.8 Å². The van der Waals surface area contributed by atoms with Gasteiger partial charge in [-0.3, -0.25) is 9.59 Å². The van der Waals surface area contributed by atoms with Crippen LogP contribution in [0, 0.1) is 0 Å². The molecule has 0 spiro atoms. The molecule has 124 valence electrons. The average Bonchev–Trinajstić information content (AvgIpc) is 3.35. The zero-order valence-corrected chi connectivity index (χ0v) is 14.2. The zero-order chi connectivity index (χ0) is 16.5. The Morgan fingerprint density at radius 2 is 2.00 bits per heavy atom. The molecule has 0 radical (unpaired) electrons. The molecule has 1 aliphatic heterocycles. The number of hydrogen-bond donors (Lipinski definition) is 1. The molecule has 1 fully saturated rings. The Bertz CT molecular complexity index is 756. The van der Waals surface area contributed by atoms with Crippen LogP contribution in [-0.4, -0.2) is 29.3 Å². The van der Waals surface area contributed by atoms with E-state index in [1.54, 1.807) is 4.90 Å². The van der Waals surface area contributed by atoms with Gasteiger partial charge in [0.05, 0.1) is 10.9 Å². The summed E-state index contributed by atoms with van der Waals surface area (Å²) in [6.45, 7) is 0.663. The van der Waals surface area contributed by atoms with E-state index in [9.17, 15) is 9.59 Å². The van der Waals surface area contributed by atoms with Gasteiger partial charge in [0.25, 0.3) is 5.91 Å². The van der Waals surface area contributed by atoms with E-state index < -0.39 is 0 Å². The number of nitrogens with one attached hydrogen (secondary N) is 1. The lowest BCUT2D eigenvalue weighted by Crippen LogP contribution is -2.46. The summed E-state index contributed by atoms with van der Waals surface area (Å²) in [5.41, 5.74) is 2.54. The summed E-state index contributed by atoms with van der Waals surface area (Å²) in [7, 11) is 0. The third-order valence-electron chi connectivity index (χ3n) is 5.00. The van der Waals surface area contributed by atoms with E-state index in [4.69, 9.17) is 0 Å². The summed E-state index contributed by atoms with van der Waals surface area (Å²) < 4.78 is 0. The lowest BCUT2D eigenvalue weighted by atomic mass is 10.1. The molecule has 4 nitrogen and oxygen atoms in total. The quantitative estimate of drug-likeness (QED) is 0.933. The molecule has 2 heterocycles. The van der Waals surface area contributed by atoms with Gasteiger partial charge in [-0.15, -0.1) is 11.3 Å². The molecule has 2 aromatic rings. The number of benzene rings is 1. The maximum atomic E-state index is 12.8. The molecular weight excluding hydrogens is 320 g/mol. The largest absolute Gasteiger partial charge is 0.347 e. The van der Waals surface area contributed by atoms with Gasteiger partial charge in [-0.1, -0.05) is 30.3 Å². The number of amides is 2. The molecule has 24 heavy (non-hydrogen) atoms. The Morgan fingerprint density at radius 3 is 2.83 bits per heavy atom. The summed E-state index contributed by atoms with van der Waals surface area (Å²) in [4.78, 5) is 27.9. The summed E-state index contributed by atoms with van der Waals surface area (Å²) in [6.07, 6.45) is 3.58. The van der Waals surface area contributed by atoms with Crippen molar-refractivity contribution in [2.24, 2.45) is 0 Å². The smallest absolute Gasteiger partial charge is 0.264 e. The molecule has 2 atom stereocenters. The van der Waals surface area contributed by atoms with E-state index in [0.29, 0.717) is 11.4 Å². The Hall–Kier alpha value is -2.14. The molecule has 2 amide bonds. The molecule has 0 unspecified atom stereocenters. The number of fused-ring (bicyclic) bond motifs is 1. The van der Waals surface area contributed by atoms with E-state index >= 15 is 0 Å². The minimum atomic E-state index is -0.340. The SMILES string of the molecule is O=C(N[C@@H]1CCc2ccccc21)[C@H]1CCCN1C(=O)c1cccs1. The fraction of sp³-hybridized carbons (Fsp3) is 0.368. The molecule has 4 rings (SSSR count). The molecule has 5 heteroatoms. The second-order valence-corrected chi connectivity index (χ2v) is 7.38. The van der Waals surface area contributed by atoms with Gasteiger partial charge >= 0.3 is 0 Å². The predicted molar refractivity (Wildman–Crippen MR) is 94.0 cm³/mol. The summed E-state index contributed by atoms with van der Waals surface area (Å²) in [5.74, 6) is -0.0337. The first kappa shape index (κ1) is 15.4. The van der Waals surface area contributed by atoms with Gasteiger partial charge in [0.2, 0.25) is 5.91 Å². The molecule has 1 aliphatic carbocycles. The van der Waals surface area contributed by atoms with Crippen molar-refractivity contribution >= 4 is 23.2 Å². The van der Waals surface area contributed by atoms with Gasteiger partial charge in [0, 0.05) is 6.54 Å². The van der Waals surface area contributed by atoms with Crippen molar-refractivity contribution in [3.63, 3.8) is 0 Å². The highest BCUT2D eigenvalue weighted by atomic mass is 32.1. The number of likely N-dealkylation sites (tertiary alicyclic amines) is 1. The van der Waals surface area contributed by atoms with Gasteiger partial charge in [0.1, 0.15) is 6.04 Å². The van der Waals surface area contributed by atoms with E-state index in [1.165, 1.54) is 22.5 Å². The van der Waals surface area contributed by atoms with Crippen LogP contribution in [0.25, 0.3) is 0 Å². The first-order chi connectivity index (χ1) is 11.7. The molecule has 1 aromatic heterocycles. The number of rotatable bonds is 3. The molecule has 2 aliphatic rings. The first-order valence-corrected chi connectivity index (χ1v) is 9.34. The minimum absolute atomic E-state index is 0.0147. The van der Waals surface area contributed by atoms with Gasteiger partial charge in [0.15, 0.2) is 0 Å². The Balaban J connectivity index is 1.47. The van der Waals surface area contributed by atoms with Crippen LogP contribution in [0.5, 0.6) is 0 Å². The summed E-state index contributed by atoms with van der Waals surface area (Å²) >= 11 is 1.43. The Kier molecular flexibility index (Phi) is 4.10. The fourth-order valence-corrected chi connectivity index (χ4v) is 4.48. The zero-order valence-electron chi connectivity index (χ0n) is 13.4. The number of aryl methyl sites for hydroxylation is 1. The summed E-state index contributed by atoms with van der Waals surface area (Å²) in [6, 6.07) is 11.7. The van der Waals surface area contributed by atoms with E-state index in [2.05, 4.69) is 17.4 Å². The molecule has 1 aromatic carbocycles. The third-order valence-corrected chi connectivity index (χ3v) is 5.86. The van der Waals surface area contributed by atoms with Crippen LogP contribution < -0.4 is 5.32 Å². The van der Waals surface area contributed by atoms with Crippen molar-refractivity contribution in [2.45, 2.75) is 37.8 Å². The first-order valence-electron chi connectivity index (χ1n) is 8.46.